The van der Waals surface area contributed by atoms with Gasteiger partial charge in [0.25, 0.3) is 11.8 Å². The molecule has 0 unspecified atom stereocenters. The van der Waals surface area contributed by atoms with Gasteiger partial charge < -0.3 is 9.47 Å². The third-order valence-electron chi connectivity index (χ3n) is 3.98. The Hall–Kier alpha value is -2.19. The maximum Gasteiger partial charge on any atom is 0.265 e. The van der Waals surface area contributed by atoms with Crippen LogP contribution in [0.25, 0.3) is 6.08 Å². The van der Waals surface area contributed by atoms with Gasteiger partial charge >= 0.3 is 0 Å². The predicted octanol–water partition coefficient (Wildman–Crippen LogP) is 3.45. The summed E-state index contributed by atoms with van der Waals surface area (Å²) in [5, 5.41) is 2.58. The minimum absolute atomic E-state index is 0.0224. The van der Waals surface area contributed by atoms with E-state index in [1.807, 2.05) is 13.8 Å². The summed E-state index contributed by atoms with van der Waals surface area (Å²) in [6.07, 6.45) is 3.91. The average molecular weight is 453 g/mol. The first-order chi connectivity index (χ1) is 12.8. The van der Waals surface area contributed by atoms with Crippen LogP contribution in [-0.2, 0) is 9.59 Å². The average Bonchev–Trinajstić information content (AvgIpc) is 2.63. The lowest BCUT2D eigenvalue weighted by molar-refractivity contribution is -0.128. The molecule has 1 N–H and O–H groups in total. The number of hydrogen-bond acceptors (Lipinski definition) is 5. The summed E-state index contributed by atoms with van der Waals surface area (Å²) in [4.78, 5) is 26.2. The number of benzene rings is 1. The van der Waals surface area contributed by atoms with Crippen LogP contribution in [-0.4, -0.2) is 41.6 Å². The molecule has 1 atom stereocenters. The summed E-state index contributed by atoms with van der Waals surface area (Å²) in [6, 6.07) is 3.47. The monoisotopic (exact) mass is 452 g/mol. The van der Waals surface area contributed by atoms with Gasteiger partial charge in [-0.25, -0.2) is 0 Å². The number of rotatable bonds is 7. The number of nitrogens with one attached hydrogen (secondary N) is 1. The maximum atomic E-state index is 12.6. The molecule has 1 saturated heterocycles. The molecule has 1 fully saturated rings. The van der Waals surface area contributed by atoms with Gasteiger partial charge in [0, 0.05) is 11.0 Å². The van der Waals surface area contributed by atoms with Crippen molar-refractivity contribution in [2.75, 3.05) is 13.7 Å². The molecule has 0 aromatic heterocycles. The second kappa shape index (κ2) is 9.14. The lowest BCUT2D eigenvalue weighted by Gasteiger charge is -2.27. The minimum Gasteiger partial charge on any atom is -0.493 e. The van der Waals surface area contributed by atoms with Crippen LogP contribution in [0, 0.1) is 0 Å². The molecular weight excluding hydrogens is 432 g/mol. The van der Waals surface area contributed by atoms with E-state index in [9.17, 15) is 9.59 Å². The molecule has 27 heavy (non-hydrogen) atoms. The number of carbonyl (C=O) groups is 2. The third kappa shape index (κ3) is 4.75. The molecule has 0 spiro atoms. The van der Waals surface area contributed by atoms with Gasteiger partial charge in [-0.1, -0.05) is 28.9 Å². The highest BCUT2D eigenvalue weighted by molar-refractivity contribution is 9.10. The molecule has 144 valence electrons. The molecule has 0 aliphatic carbocycles. The molecule has 6 nitrogen and oxygen atoms in total. The van der Waals surface area contributed by atoms with Gasteiger partial charge in [0.15, 0.2) is 16.6 Å². The Balaban J connectivity index is 2.44. The first kappa shape index (κ1) is 21.1. The fraction of sp³-hybridized carbons (Fsp3) is 0.316. The van der Waals surface area contributed by atoms with Gasteiger partial charge in [0.05, 0.1) is 13.2 Å². The second-order valence-electron chi connectivity index (χ2n) is 5.88. The smallest absolute Gasteiger partial charge is 0.265 e. The highest BCUT2D eigenvalue weighted by atomic mass is 79.9. The van der Waals surface area contributed by atoms with Crippen molar-refractivity contribution in [1.82, 2.24) is 10.2 Å². The number of ether oxygens (including phenoxy) is 2. The number of nitrogens with zero attached hydrogens (tertiary/aromatic N) is 1. The number of hydrogen-bond donors (Lipinski definition) is 1. The van der Waals surface area contributed by atoms with E-state index in [4.69, 9.17) is 21.7 Å². The fourth-order valence-electron chi connectivity index (χ4n) is 2.36. The lowest BCUT2D eigenvalue weighted by Crippen LogP contribution is -2.53. The molecule has 0 saturated carbocycles. The van der Waals surface area contributed by atoms with Crippen LogP contribution in [0.15, 0.2) is 34.8 Å². The summed E-state index contributed by atoms with van der Waals surface area (Å²) in [7, 11) is 1.53. The number of thiocarbonyl (C=S) groups is 1. The minimum atomic E-state index is -0.545. The van der Waals surface area contributed by atoms with Crippen molar-refractivity contribution < 1.29 is 19.1 Å². The Kier molecular flexibility index (Phi) is 7.15. The molecule has 2 rings (SSSR count). The zero-order chi connectivity index (χ0) is 20.1. The molecule has 1 heterocycles. The standard InChI is InChI=1S/C19H21BrN2O4S/c1-5-7-22-18(24)13(17(23)21-19(22)27)8-12-9-15(25-4)16(10-14(12)20)26-11(3)6-2/h5,8-11H,1,6-7H2,2-4H3,(H,21,23,27)/b13-8+/t11-/m1/s1. The predicted molar refractivity (Wildman–Crippen MR) is 112 cm³/mol. The van der Waals surface area contributed by atoms with E-state index >= 15 is 0 Å². The van der Waals surface area contributed by atoms with E-state index in [2.05, 4.69) is 27.8 Å². The normalized spacial score (nSPS) is 17.0. The topological polar surface area (TPSA) is 67.9 Å². The van der Waals surface area contributed by atoms with Crippen LogP contribution >= 0.6 is 28.1 Å². The summed E-state index contributed by atoms with van der Waals surface area (Å²) in [5.74, 6) is 0.0628. The molecule has 1 aliphatic rings. The summed E-state index contributed by atoms with van der Waals surface area (Å²) in [6.45, 7) is 7.80. The molecule has 0 bridgehead atoms. The number of methoxy groups -OCH3 is 1. The molecule has 1 aromatic carbocycles. The number of amides is 2. The van der Waals surface area contributed by atoms with Crippen LogP contribution in [0.4, 0.5) is 0 Å². The van der Waals surface area contributed by atoms with Crippen LogP contribution in [0.1, 0.15) is 25.8 Å². The van der Waals surface area contributed by atoms with Gasteiger partial charge in [0.1, 0.15) is 5.57 Å². The molecule has 0 radical (unpaired) electrons. The van der Waals surface area contributed by atoms with E-state index in [0.29, 0.717) is 21.5 Å². The lowest BCUT2D eigenvalue weighted by atomic mass is 10.1. The highest BCUT2D eigenvalue weighted by Gasteiger charge is 2.32. The van der Waals surface area contributed by atoms with Crippen molar-refractivity contribution >= 4 is 51.2 Å². The largest absolute Gasteiger partial charge is 0.493 e. The molecule has 1 aliphatic heterocycles. The van der Waals surface area contributed by atoms with Crippen molar-refractivity contribution in [3.8, 4) is 11.5 Å². The SMILES string of the molecule is C=CCN1C(=O)/C(=C/c2cc(OC)c(O[C@H](C)CC)cc2Br)C(=O)NC1=S. The fourth-order valence-corrected chi connectivity index (χ4v) is 3.04. The van der Waals surface area contributed by atoms with Crippen molar-refractivity contribution in [1.29, 1.82) is 0 Å². The Bertz CT molecular complexity index is 822. The summed E-state index contributed by atoms with van der Waals surface area (Å²) >= 11 is 8.52. The van der Waals surface area contributed by atoms with E-state index in [1.54, 1.807) is 18.2 Å². The van der Waals surface area contributed by atoms with Crippen molar-refractivity contribution in [2.45, 2.75) is 26.4 Å². The van der Waals surface area contributed by atoms with Gasteiger partial charge in [0.2, 0.25) is 0 Å². The number of halogens is 1. The van der Waals surface area contributed by atoms with Crippen LogP contribution in [0.3, 0.4) is 0 Å². The molecule has 2 amide bonds. The third-order valence-corrected chi connectivity index (χ3v) is 4.99. The Morgan fingerprint density at radius 1 is 1.37 bits per heavy atom. The first-order valence-corrected chi connectivity index (χ1v) is 9.56. The Morgan fingerprint density at radius 2 is 2.07 bits per heavy atom. The second-order valence-corrected chi connectivity index (χ2v) is 7.12. The van der Waals surface area contributed by atoms with Gasteiger partial charge in [-0.3, -0.25) is 19.8 Å². The maximum absolute atomic E-state index is 12.6. The van der Waals surface area contributed by atoms with Crippen LogP contribution < -0.4 is 14.8 Å². The number of carbonyl (C=O) groups excluding carboxylic acids is 2. The highest BCUT2D eigenvalue weighted by Crippen LogP contribution is 2.35. The van der Waals surface area contributed by atoms with E-state index in [1.165, 1.54) is 18.1 Å². The van der Waals surface area contributed by atoms with E-state index < -0.39 is 11.8 Å². The summed E-state index contributed by atoms with van der Waals surface area (Å²) < 4.78 is 11.9. The molecular formula is C19H21BrN2O4S. The zero-order valence-electron chi connectivity index (χ0n) is 15.4. The quantitative estimate of drug-likeness (QED) is 0.297. The first-order valence-electron chi connectivity index (χ1n) is 8.36. The van der Waals surface area contributed by atoms with Crippen LogP contribution in [0.5, 0.6) is 11.5 Å². The molecule has 1 aromatic rings. The van der Waals surface area contributed by atoms with Gasteiger partial charge in [-0.15, -0.1) is 6.58 Å². The van der Waals surface area contributed by atoms with Gasteiger partial charge in [-0.2, -0.15) is 0 Å². The van der Waals surface area contributed by atoms with E-state index in [0.717, 1.165) is 6.42 Å². The summed E-state index contributed by atoms with van der Waals surface area (Å²) in [5.41, 5.74) is 0.581. The van der Waals surface area contributed by atoms with Crippen molar-refractivity contribution in [3.05, 3.63) is 40.4 Å². The Morgan fingerprint density at radius 3 is 2.67 bits per heavy atom. The molecule has 8 heteroatoms. The van der Waals surface area contributed by atoms with Gasteiger partial charge in [-0.05, 0) is 49.3 Å². The van der Waals surface area contributed by atoms with Crippen LogP contribution in [0.2, 0.25) is 0 Å². The Labute approximate surface area is 172 Å². The zero-order valence-corrected chi connectivity index (χ0v) is 17.8. The van der Waals surface area contributed by atoms with E-state index in [-0.39, 0.29) is 23.3 Å². The van der Waals surface area contributed by atoms with Crippen molar-refractivity contribution in [3.63, 3.8) is 0 Å². The van der Waals surface area contributed by atoms with Crippen molar-refractivity contribution in [2.24, 2.45) is 0 Å².